The van der Waals surface area contributed by atoms with Gasteiger partial charge in [0.1, 0.15) is 0 Å². The first kappa shape index (κ1) is 10.4. The fraction of sp³-hybridized carbons (Fsp3) is 0.400. The molecular weight excluding hydrogens is 186 g/mol. The summed E-state index contributed by atoms with van der Waals surface area (Å²) in [4.78, 5) is 0. The van der Waals surface area contributed by atoms with E-state index in [-0.39, 0.29) is 0 Å². The van der Waals surface area contributed by atoms with E-state index >= 15 is 0 Å². The van der Waals surface area contributed by atoms with Gasteiger partial charge in [-0.1, -0.05) is 48.6 Å². The lowest BCUT2D eigenvalue weighted by Gasteiger charge is -2.29. The molecule has 0 fully saturated rings. The van der Waals surface area contributed by atoms with Crippen LogP contribution in [-0.4, -0.2) is 13.6 Å². The fourth-order valence-electron chi connectivity index (χ4n) is 1.11. The third-order valence-corrected chi connectivity index (χ3v) is 6.56. The highest BCUT2D eigenvalue weighted by Gasteiger charge is 2.45. The smallest absolute Gasteiger partial charge is 0.212 e. The molecule has 3 heteroatoms. The monoisotopic (exact) mass is 200 g/mol. The Morgan fingerprint density at radius 3 is 1.92 bits per heavy atom. The Hall–Kier alpha value is -0.703. The average Bonchev–Trinajstić information content (AvgIpc) is 2.04. The van der Waals surface area contributed by atoms with Crippen LogP contribution in [0.15, 0.2) is 30.3 Å². The van der Waals surface area contributed by atoms with Crippen molar-refractivity contribution in [2.24, 2.45) is 0 Å². The lowest BCUT2D eigenvalue weighted by atomic mass is 10.4. The van der Waals surface area contributed by atoms with Crippen LogP contribution >= 0.6 is 0 Å². The summed E-state index contributed by atoms with van der Waals surface area (Å²) in [5.41, 5.74) is -2.56. The van der Waals surface area contributed by atoms with E-state index in [0.717, 1.165) is 12.1 Å². The van der Waals surface area contributed by atoms with Crippen molar-refractivity contribution in [2.75, 3.05) is 0 Å². The van der Waals surface area contributed by atoms with Crippen molar-refractivity contribution in [3.63, 3.8) is 0 Å². The molecule has 0 nitrogen and oxygen atoms in total. The second-order valence-electron chi connectivity index (χ2n) is 3.88. The van der Waals surface area contributed by atoms with Crippen LogP contribution in [0.4, 0.5) is 8.78 Å². The van der Waals surface area contributed by atoms with Gasteiger partial charge in [0.25, 0.3) is 0 Å². The molecule has 0 atom stereocenters. The van der Waals surface area contributed by atoms with Crippen LogP contribution in [0.2, 0.25) is 13.1 Å². The third kappa shape index (κ3) is 1.96. The van der Waals surface area contributed by atoms with Gasteiger partial charge < -0.3 is 0 Å². The lowest BCUT2D eigenvalue weighted by Crippen LogP contribution is -2.55. The van der Waals surface area contributed by atoms with Gasteiger partial charge in [-0.25, -0.2) is 8.78 Å². The second-order valence-corrected chi connectivity index (χ2v) is 8.58. The largest absolute Gasteiger partial charge is 0.231 e. The molecule has 0 spiro atoms. The van der Waals surface area contributed by atoms with E-state index < -0.39 is 13.6 Å². The zero-order chi connectivity index (χ0) is 10.1. The number of rotatable bonds is 2. The molecule has 0 unspecified atom stereocenters. The number of alkyl halides is 2. The summed E-state index contributed by atoms with van der Waals surface area (Å²) in [6.07, 6.45) is 0. The van der Waals surface area contributed by atoms with Crippen molar-refractivity contribution in [1.29, 1.82) is 0 Å². The Kier molecular flexibility index (Phi) is 2.57. The molecule has 0 heterocycles. The fourth-order valence-corrected chi connectivity index (χ4v) is 2.64. The second kappa shape index (κ2) is 3.22. The zero-order valence-electron chi connectivity index (χ0n) is 8.14. The Labute approximate surface area is 78.6 Å². The van der Waals surface area contributed by atoms with Crippen molar-refractivity contribution < 1.29 is 8.78 Å². The molecule has 0 amide bonds. The van der Waals surface area contributed by atoms with Crippen molar-refractivity contribution in [1.82, 2.24) is 0 Å². The zero-order valence-corrected chi connectivity index (χ0v) is 9.14. The van der Waals surface area contributed by atoms with Crippen molar-refractivity contribution in [2.45, 2.75) is 25.6 Å². The molecular formula is C10H14F2Si. The highest BCUT2D eigenvalue weighted by Crippen LogP contribution is 2.25. The first-order chi connectivity index (χ1) is 5.86. The first-order valence-corrected chi connectivity index (χ1v) is 7.29. The summed E-state index contributed by atoms with van der Waals surface area (Å²) in [6, 6.07) is 9.07. The van der Waals surface area contributed by atoms with E-state index in [4.69, 9.17) is 0 Å². The van der Waals surface area contributed by atoms with Gasteiger partial charge in [0, 0.05) is 0 Å². The van der Waals surface area contributed by atoms with E-state index in [1.54, 1.807) is 25.2 Å². The quantitative estimate of drug-likeness (QED) is 0.644. The highest BCUT2D eigenvalue weighted by atomic mass is 28.3. The lowest BCUT2D eigenvalue weighted by molar-refractivity contribution is 0.105. The predicted octanol–water partition coefficient (Wildman–Crippen LogP) is 2.80. The number of hydrogen-bond acceptors (Lipinski definition) is 0. The molecule has 1 rings (SSSR count). The summed E-state index contributed by atoms with van der Waals surface area (Å²) in [5, 5.41) is 0.808. The molecule has 0 aliphatic carbocycles. The molecule has 13 heavy (non-hydrogen) atoms. The maximum absolute atomic E-state index is 13.2. The maximum Gasteiger partial charge on any atom is 0.231 e. The summed E-state index contributed by atoms with van der Waals surface area (Å²) < 4.78 is 26.5. The van der Waals surface area contributed by atoms with Gasteiger partial charge in [0.15, 0.2) is 8.07 Å². The number of hydrogen-bond donors (Lipinski definition) is 0. The molecule has 0 saturated carbocycles. The molecule has 0 saturated heterocycles. The third-order valence-electron chi connectivity index (χ3n) is 2.59. The minimum atomic E-state index is -2.61. The van der Waals surface area contributed by atoms with Gasteiger partial charge in [0.2, 0.25) is 5.55 Å². The van der Waals surface area contributed by atoms with Crippen molar-refractivity contribution in [3.8, 4) is 0 Å². The summed E-state index contributed by atoms with van der Waals surface area (Å²) in [7, 11) is -2.61. The first-order valence-electron chi connectivity index (χ1n) is 4.29. The minimum Gasteiger partial charge on any atom is -0.212 e. The van der Waals surface area contributed by atoms with Crippen LogP contribution in [0.1, 0.15) is 6.92 Å². The van der Waals surface area contributed by atoms with Gasteiger partial charge in [-0.15, -0.1) is 0 Å². The SMILES string of the molecule is CC(F)(F)[Si](C)(C)c1ccccc1. The Balaban J connectivity index is 3.08. The molecule has 0 aromatic heterocycles. The van der Waals surface area contributed by atoms with Gasteiger partial charge in [0.05, 0.1) is 0 Å². The highest BCUT2D eigenvalue weighted by molar-refractivity contribution is 6.91. The van der Waals surface area contributed by atoms with E-state index in [1.807, 2.05) is 18.2 Å². The predicted molar refractivity (Wildman–Crippen MR) is 54.2 cm³/mol. The van der Waals surface area contributed by atoms with E-state index in [2.05, 4.69) is 0 Å². The van der Waals surface area contributed by atoms with Crippen molar-refractivity contribution in [3.05, 3.63) is 30.3 Å². The Morgan fingerprint density at radius 2 is 1.54 bits per heavy atom. The van der Waals surface area contributed by atoms with E-state index in [1.165, 1.54) is 0 Å². The van der Waals surface area contributed by atoms with Crippen molar-refractivity contribution >= 4 is 13.3 Å². The van der Waals surface area contributed by atoms with Crippen LogP contribution in [-0.2, 0) is 0 Å². The number of halogens is 2. The Bertz CT molecular complexity index is 275. The molecule has 1 aromatic carbocycles. The molecule has 0 aliphatic rings. The molecule has 1 aromatic rings. The maximum atomic E-state index is 13.2. The van der Waals surface area contributed by atoms with Gasteiger partial charge in [-0.2, -0.15) is 0 Å². The van der Waals surface area contributed by atoms with Gasteiger partial charge in [-0.05, 0) is 6.92 Å². The summed E-state index contributed by atoms with van der Waals surface area (Å²) >= 11 is 0. The molecule has 0 bridgehead atoms. The molecule has 72 valence electrons. The topological polar surface area (TPSA) is 0 Å². The summed E-state index contributed by atoms with van der Waals surface area (Å²) in [6.45, 7) is 4.41. The van der Waals surface area contributed by atoms with Crippen LogP contribution in [0.25, 0.3) is 0 Å². The van der Waals surface area contributed by atoms with Gasteiger partial charge in [-0.3, -0.25) is 0 Å². The average molecular weight is 200 g/mol. The number of benzene rings is 1. The molecule has 0 N–H and O–H groups in total. The minimum absolute atomic E-state index is 0.808. The van der Waals surface area contributed by atoms with Crippen LogP contribution < -0.4 is 5.19 Å². The van der Waals surface area contributed by atoms with Crippen LogP contribution in [0.5, 0.6) is 0 Å². The van der Waals surface area contributed by atoms with Crippen LogP contribution in [0, 0.1) is 0 Å². The summed E-state index contributed by atoms with van der Waals surface area (Å²) in [5.74, 6) is 0. The normalized spacial score (nSPS) is 13.0. The van der Waals surface area contributed by atoms with E-state index in [0.29, 0.717) is 0 Å². The molecule has 0 radical (unpaired) electrons. The van der Waals surface area contributed by atoms with Gasteiger partial charge >= 0.3 is 0 Å². The van der Waals surface area contributed by atoms with E-state index in [9.17, 15) is 8.78 Å². The standard InChI is InChI=1S/C10H14F2Si/c1-10(11,12)13(2,3)9-7-5-4-6-8-9/h4-8H,1-3H3. The molecule has 0 aliphatic heterocycles. The Morgan fingerprint density at radius 1 is 1.08 bits per heavy atom. The van der Waals surface area contributed by atoms with Crippen LogP contribution in [0.3, 0.4) is 0 Å².